The predicted octanol–water partition coefficient (Wildman–Crippen LogP) is 4.78. The largest absolute Gasteiger partial charge is 0.502 e. The minimum Gasteiger partial charge on any atom is -0.502 e. The van der Waals surface area contributed by atoms with Crippen molar-refractivity contribution in [3.05, 3.63) is 76.6 Å². The molecule has 3 N–H and O–H groups in total. The summed E-state index contributed by atoms with van der Waals surface area (Å²) in [4.78, 5) is 15.9. The Kier molecular flexibility index (Phi) is 6.63. The molecule has 0 spiro atoms. The Morgan fingerprint density at radius 2 is 1.76 bits per heavy atom. The van der Waals surface area contributed by atoms with Gasteiger partial charge in [-0.1, -0.05) is 6.07 Å². The van der Waals surface area contributed by atoms with E-state index in [9.17, 15) is 9.90 Å². The normalized spacial score (nSPS) is 13.7. The van der Waals surface area contributed by atoms with Gasteiger partial charge in [-0.15, -0.1) is 0 Å². The summed E-state index contributed by atoms with van der Waals surface area (Å²) in [5.74, 6) is 1.27. The van der Waals surface area contributed by atoms with Gasteiger partial charge in [0.2, 0.25) is 11.7 Å². The standard InChI is InChI=1S/C27H28N2O5/c1-16-21(10-17-11-24(33-3)27(31)25(12-17)34-4)20-8-7-19(32-2)13-23(20)22(16)14-26(30)29-15-18-6-5-9-28-18/h5-13,28,31H,14-15H2,1-4H3,(H,29,30)/b21-10-. The molecule has 1 aliphatic carbocycles. The average molecular weight is 461 g/mol. The lowest BCUT2D eigenvalue weighted by Gasteiger charge is -2.11. The first kappa shape index (κ1) is 23.0. The van der Waals surface area contributed by atoms with E-state index < -0.39 is 0 Å². The number of benzene rings is 2. The second-order valence-electron chi connectivity index (χ2n) is 8.00. The predicted molar refractivity (Wildman–Crippen MR) is 132 cm³/mol. The van der Waals surface area contributed by atoms with Gasteiger partial charge >= 0.3 is 0 Å². The van der Waals surface area contributed by atoms with Crippen LogP contribution in [0.2, 0.25) is 0 Å². The molecule has 34 heavy (non-hydrogen) atoms. The summed E-state index contributed by atoms with van der Waals surface area (Å²) in [7, 11) is 4.62. The summed E-state index contributed by atoms with van der Waals surface area (Å²) in [5, 5.41) is 13.2. The van der Waals surface area contributed by atoms with Crippen LogP contribution < -0.4 is 19.5 Å². The highest BCUT2D eigenvalue weighted by Crippen LogP contribution is 2.46. The lowest BCUT2D eigenvalue weighted by molar-refractivity contribution is -0.120. The molecule has 0 unspecified atom stereocenters. The first-order valence-corrected chi connectivity index (χ1v) is 10.9. The van der Waals surface area contributed by atoms with Crippen molar-refractivity contribution in [1.82, 2.24) is 10.3 Å². The number of ether oxygens (including phenoxy) is 3. The zero-order valence-electron chi connectivity index (χ0n) is 19.7. The molecule has 0 atom stereocenters. The van der Waals surface area contributed by atoms with Gasteiger partial charge in [-0.25, -0.2) is 0 Å². The van der Waals surface area contributed by atoms with E-state index in [0.29, 0.717) is 18.0 Å². The molecule has 0 fully saturated rings. The number of aromatic nitrogens is 1. The summed E-state index contributed by atoms with van der Waals surface area (Å²) in [6, 6.07) is 13.2. The maximum atomic E-state index is 12.8. The molecule has 0 saturated heterocycles. The molecule has 1 heterocycles. The van der Waals surface area contributed by atoms with Gasteiger partial charge in [0.05, 0.1) is 34.3 Å². The first-order valence-electron chi connectivity index (χ1n) is 10.9. The Morgan fingerprint density at radius 1 is 1.03 bits per heavy atom. The van der Waals surface area contributed by atoms with E-state index in [1.54, 1.807) is 19.2 Å². The highest BCUT2D eigenvalue weighted by molar-refractivity contribution is 6.08. The van der Waals surface area contributed by atoms with Crippen LogP contribution in [0.4, 0.5) is 0 Å². The van der Waals surface area contributed by atoms with Crippen LogP contribution in [0.3, 0.4) is 0 Å². The maximum absolute atomic E-state index is 12.8. The van der Waals surface area contributed by atoms with E-state index in [4.69, 9.17) is 14.2 Å². The van der Waals surface area contributed by atoms with Crippen molar-refractivity contribution in [2.45, 2.75) is 19.9 Å². The number of carbonyl (C=O) groups is 1. The van der Waals surface area contributed by atoms with Crippen LogP contribution in [0, 0.1) is 0 Å². The van der Waals surface area contributed by atoms with Crippen molar-refractivity contribution in [1.29, 1.82) is 0 Å². The third-order valence-electron chi connectivity index (χ3n) is 5.99. The number of aromatic hydroxyl groups is 1. The monoisotopic (exact) mass is 460 g/mol. The molecule has 0 radical (unpaired) electrons. The van der Waals surface area contributed by atoms with Crippen molar-refractivity contribution in [2.24, 2.45) is 0 Å². The average Bonchev–Trinajstić information content (AvgIpc) is 3.46. The van der Waals surface area contributed by atoms with E-state index in [-0.39, 0.29) is 18.1 Å². The molecular formula is C27H28N2O5. The summed E-state index contributed by atoms with van der Waals surface area (Å²) in [5.41, 5.74) is 6.67. The zero-order valence-corrected chi connectivity index (χ0v) is 19.7. The van der Waals surface area contributed by atoms with Crippen molar-refractivity contribution >= 4 is 23.1 Å². The molecule has 1 amide bonds. The minimum atomic E-state index is -0.0630. The molecule has 176 valence electrons. The Morgan fingerprint density at radius 3 is 2.38 bits per heavy atom. The van der Waals surface area contributed by atoms with E-state index in [1.165, 1.54) is 14.2 Å². The van der Waals surface area contributed by atoms with Crippen molar-refractivity contribution < 1.29 is 24.1 Å². The quantitative estimate of drug-likeness (QED) is 0.450. The van der Waals surface area contributed by atoms with Gasteiger partial charge in [0, 0.05) is 11.9 Å². The highest BCUT2D eigenvalue weighted by atomic mass is 16.5. The van der Waals surface area contributed by atoms with Crippen molar-refractivity contribution in [3.8, 4) is 23.0 Å². The Balaban J connectivity index is 1.72. The lowest BCUT2D eigenvalue weighted by Crippen LogP contribution is -2.22. The number of hydrogen-bond acceptors (Lipinski definition) is 5. The first-order chi connectivity index (χ1) is 16.4. The summed E-state index contributed by atoms with van der Waals surface area (Å²) in [6.45, 7) is 2.46. The number of phenols is 1. The SMILES string of the molecule is COc1ccc2c(c1)C(CC(=O)NCc1ccc[nH]1)=C(C)/C2=C/c1cc(OC)c(O)c(OC)c1. The van der Waals surface area contributed by atoms with Crippen LogP contribution in [0.5, 0.6) is 23.0 Å². The minimum absolute atomic E-state index is 0.0459. The molecular weight excluding hydrogens is 432 g/mol. The maximum Gasteiger partial charge on any atom is 0.224 e. The zero-order chi connectivity index (χ0) is 24.2. The van der Waals surface area contributed by atoms with Crippen LogP contribution in [0.25, 0.3) is 17.2 Å². The van der Waals surface area contributed by atoms with Crippen molar-refractivity contribution in [2.75, 3.05) is 21.3 Å². The third-order valence-corrected chi connectivity index (χ3v) is 5.99. The van der Waals surface area contributed by atoms with Gasteiger partial charge in [0.25, 0.3) is 0 Å². The molecule has 0 aliphatic heterocycles. The molecule has 1 aliphatic rings. The Hall–Kier alpha value is -4.13. The Bertz CT molecular complexity index is 1250. The second kappa shape index (κ2) is 9.79. The number of hydrogen-bond donors (Lipinski definition) is 3. The fourth-order valence-corrected chi connectivity index (χ4v) is 4.17. The Labute approximate surface area is 198 Å². The number of rotatable bonds is 8. The van der Waals surface area contributed by atoms with E-state index in [1.807, 2.05) is 49.5 Å². The van der Waals surface area contributed by atoms with Gasteiger partial charge in [-0.05, 0) is 82.8 Å². The molecule has 4 rings (SSSR count). The van der Waals surface area contributed by atoms with E-state index in [2.05, 4.69) is 10.3 Å². The van der Waals surface area contributed by atoms with Gasteiger partial charge in [0.15, 0.2) is 11.5 Å². The number of phenolic OH excluding ortho intramolecular Hbond substituents is 1. The van der Waals surface area contributed by atoms with Crippen LogP contribution in [-0.4, -0.2) is 37.3 Å². The number of allylic oxidation sites excluding steroid dienone is 2. The summed E-state index contributed by atoms with van der Waals surface area (Å²) < 4.78 is 16.1. The summed E-state index contributed by atoms with van der Waals surface area (Å²) >= 11 is 0. The third kappa shape index (κ3) is 4.50. The molecule has 1 aromatic heterocycles. The van der Waals surface area contributed by atoms with Crippen molar-refractivity contribution in [3.63, 3.8) is 0 Å². The molecule has 7 heteroatoms. The topological polar surface area (TPSA) is 92.8 Å². The van der Waals surface area contributed by atoms with E-state index in [0.717, 1.165) is 44.9 Å². The molecule has 0 saturated carbocycles. The molecule has 2 aromatic carbocycles. The lowest BCUT2D eigenvalue weighted by atomic mass is 10.00. The fraction of sp³-hybridized carbons (Fsp3) is 0.222. The number of nitrogens with one attached hydrogen (secondary N) is 2. The number of carbonyl (C=O) groups excluding carboxylic acids is 1. The van der Waals surface area contributed by atoms with Gasteiger partial charge in [-0.3, -0.25) is 4.79 Å². The van der Waals surface area contributed by atoms with Gasteiger partial charge in [-0.2, -0.15) is 0 Å². The highest BCUT2D eigenvalue weighted by Gasteiger charge is 2.26. The van der Waals surface area contributed by atoms with Crippen LogP contribution in [0.1, 0.15) is 35.7 Å². The number of H-pyrrole nitrogens is 1. The number of fused-ring (bicyclic) bond motifs is 1. The smallest absolute Gasteiger partial charge is 0.224 e. The van der Waals surface area contributed by atoms with Crippen LogP contribution >= 0.6 is 0 Å². The number of methoxy groups -OCH3 is 3. The number of aromatic amines is 1. The van der Waals surface area contributed by atoms with E-state index >= 15 is 0 Å². The molecule has 3 aromatic rings. The second-order valence-corrected chi connectivity index (χ2v) is 8.00. The van der Waals surface area contributed by atoms with Crippen LogP contribution in [-0.2, 0) is 11.3 Å². The summed E-state index contributed by atoms with van der Waals surface area (Å²) in [6.07, 6.45) is 4.08. The van der Waals surface area contributed by atoms with Crippen LogP contribution in [0.15, 0.2) is 54.2 Å². The van der Waals surface area contributed by atoms with Gasteiger partial charge < -0.3 is 29.6 Å². The fourth-order valence-electron chi connectivity index (χ4n) is 4.17. The number of amides is 1. The molecule has 7 nitrogen and oxygen atoms in total. The van der Waals surface area contributed by atoms with Gasteiger partial charge in [0.1, 0.15) is 5.75 Å². The molecule has 0 bridgehead atoms.